The van der Waals surface area contributed by atoms with Gasteiger partial charge in [0.25, 0.3) is 0 Å². The van der Waals surface area contributed by atoms with Crippen molar-refractivity contribution < 1.29 is 5.11 Å². The lowest BCUT2D eigenvalue weighted by atomic mass is 10.2. The van der Waals surface area contributed by atoms with Crippen molar-refractivity contribution in [2.45, 2.75) is 6.61 Å². The first-order valence-electron chi connectivity index (χ1n) is 3.79. The van der Waals surface area contributed by atoms with E-state index in [-0.39, 0.29) is 6.61 Å². The summed E-state index contributed by atoms with van der Waals surface area (Å²) in [6, 6.07) is 3.60. The normalized spacial score (nSPS) is 10.8. The smallest absolute Gasteiger partial charge is 0.0683 e. The summed E-state index contributed by atoms with van der Waals surface area (Å²) in [6.45, 7) is 0.553. The summed E-state index contributed by atoms with van der Waals surface area (Å²) in [5, 5.41) is 8.81. The zero-order chi connectivity index (χ0) is 8.81. The van der Waals surface area contributed by atoms with E-state index in [1.54, 1.807) is 12.3 Å². The first kappa shape index (κ1) is 8.90. The summed E-state index contributed by atoms with van der Waals surface area (Å²) in [5.41, 5.74) is 6.97. The maximum atomic E-state index is 8.81. The van der Waals surface area contributed by atoms with Gasteiger partial charge in [0, 0.05) is 12.7 Å². The summed E-state index contributed by atoms with van der Waals surface area (Å²) in [7, 11) is 0. The molecule has 12 heavy (non-hydrogen) atoms. The number of aromatic nitrogens is 1. The van der Waals surface area contributed by atoms with E-state index in [1.807, 2.05) is 18.2 Å². The van der Waals surface area contributed by atoms with E-state index >= 15 is 0 Å². The van der Waals surface area contributed by atoms with Crippen molar-refractivity contribution in [3.05, 3.63) is 35.7 Å². The van der Waals surface area contributed by atoms with Crippen LogP contribution < -0.4 is 5.73 Å². The molecule has 0 unspecified atom stereocenters. The fraction of sp³-hybridized carbons (Fsp3) is 0.222. The Balaban J connectivity index is 2.79. The Morgan fingerprint density at radius 3 is 3.08 bits per heavy atom. The van der Waals surface area contributed by atoms with Crippen molar-refractivity contribution in [3.63, 3.8) is 0 Å². The van der Waals surface area contributed by atoms with Crippen molar-refractivity contribution in [1.82, 2.24) is 4.98 Å². The maximum absolute atomic E-state index is 8.81. The predicted octanol–water partition coefficient (Wildman–Crippen LogP) is 0.546. The van der Waals surface area contributed by atoms with Gasteiger partial charge in [0.1, 0.15) is 0 Å². The molecule has 1 aromatic heterocycles. The highest BCUT2D eigenvalue weighted by atomic mass is 16.3. The topological polar surface area (TPSA) is 59.1 Å². The van der Waals surface area contributed by atoms with Gasteiger partial charge in [-0.05, 0) is 23.8 Å². The van der Waals surface area contributed by atoms with Crippen LogP contribution in [0, 0.1) is 0 Å². The lowest BCUT2D eigenvalue weighted by Gasteiger charge is -1.96. The van der Waals surface area contributed by atoms with Gasteiger partial charge in [-0.25, -0.2) is 0 Å². The Morgan fingerprint density at radius 2 is 2.42 bits per heavy atom. The SMILES string of the molecule is NCC=Cc1cc(CO)ccn1. The fourth-order valence-electron chi connectivity index (χ4n) is 0.873. The molecular formula is C9H12N2O. The van der Waals surface area contributed by atoms with E-state index in [9.17, 15) is 0 Å². The van der Waals surface area contributed by atoms with Crippen LogP contribution in [-0.2, 0) is 6.61 Å². The van der Waals surface area contributed by atoms with Crippen molar-refractivity contribution in [2.24, 2.45) is 5.73 Å². The minimum Gasteiger partial charge on any atom is -0.392 e. The molecule has 0 aliphatic carbocycles. The Kier molecular flexibility index (Phi) is 3.44. The minimum atomic E-state index is 0.0476. The monoisotopic (exact) mass is 164 g/mol. The Bertz CT molecular complexity index is 271. The van der Waals surface area contributed by atoms with E-state index in [4.69, 9.17) is 10.8 Å². The average molecular weight is 164 g/mol. The zero-order valence-corrected chi connectivity index (χ0v) is 6.77. The summed E-state index contributed by atoms with van der Waals surface area (Å²) in [6.07, 6.45) is 5.32. The summed E-state index contributed by atoms with van der Waals surface area (Å²) < 4.78 is 0. The third-order valence-corrected chi connectivity index (χ3v) is 1.45. The lowest BCUT2D eigenvalue weighted by molar-refractivity contribution is 0.281. The molecule has 1 rings (SSSR count). The second-order valence-corrected chi connectivity index (χ2v) is 2.39. The van der Waals surface area contributed by atoms with Crippen LogP contribution in [0.15, 0.2) is 24.4 Å². The highest BCUT2D eigenvalue weighted by Crippen LogP contribution is 2.02. The van der Waals surface area contributed by atoms with Crippen LogP contribution >= 0.6 is 0 Å². The van der Waals surface area contributed by atoms with Crippen molar-refractivity contribution in [3.8, 4) is 0 Å². The molecule has 64 valence electrons. The number of pyridine rings is 1. The van der Waals surface area contributed by atoms with Crippen molar-refractivity contribution in [1.29, 1.82) is 0 Å². The third-order valence-electron chi connectivity index (χ3n) is 1.45. The number of hydrogen-bond donors (Lipinski definition) is 2. The molecule has 0 aromatic carbocycles. The quantitative estimate of drug-likeness (QED) is 0.685. The largest absolute Gasteiger partial charge is 0.392 e. The molecule has 0 saturated heterocycles. The van der Waals surface area contributed by atoms with Gasteiger partial charge in [-0.3, -0.25) is 4.98 Å². The molecule has 0 aliphatic rings. The molecule has 0 aliphatic heterocycles. The van der Waals surface area contributed by atoms with Crippen LogP contribution in [0.25, 0.3) is 6.08 Å². The molecule has 3 N–H and O–H groups in total. The van der Waals surface area contributed by atoms with E-state index in [2.05, 4.69) is 4.98 Å². The number of nitrogens with zero attached hydrogens (tertiary/aromatic N) is 1. The second-order valence-electron chi connectivity index (χ2n) is 2.39. The number of rotatable bonds is 3. The molecule has 0 fully saturated rings. The van der Waals surface area contributed by atoms with Gasteiger partial charge in [-0.2, -0.15) is 0 Å². The molecule has 3 heteroatoms. The number of aliphatic hydroxyl groups is 1. The third kappa shape index (κ3) is 2.45. The highest BCUT2D eigenvalue weighted by Gasteiger charge is 1.91. The molecule has 0 spiro atoms. The summed E-state index contributed by atoms with van der Waals surface area (Å²) >= 11 is 0. The van der Waals surface area contributed by atoms with Gasteiger partial charge in [-0.1, -0.05) is 6.08 Å². The zero-order valence-electron chi connectivity index (χ0n) is 6.77. The standard InChI is InChI=1S/C9H12N2O/c10-4-1-2-9-6-8(7-12)3-5-11-9/h1-3,5-6,12H,4,7,10H2. The van der Waals surface area contributed by atoms with Crippen LogP contribution in [0.2, 0.25) is 0 Å². The average Bonchev–Trinajstić information content (AvgIpc) is 2.15. The first-order valence-corrected chi connectivity index (χ1v) is 3.79. The van der Waals surface area contributed by atoms with Crippen molar-refractivity contribution in [2.75, 3.05) is 6.54 Å². The van der Waals surface area contributed by atoms with Gasteiger partial charge in [0.05, 0.1) is 12.3 Å². The maximum Gasteiger partial charge on any atom is 0.0683 e. The molecule has 1 heterocycles. The molecule has 0 radical (unpaired) electrons. The van der Waals surface area contributed by atoms with E-state index in [1.165, 1.54) is 0 Å². The van der Waals surface area contributed by atoms with Crippen LogP contribution in [-0.4, -0.2) is 16.6 Å². The molecule has 0 atom stereocenters. The van der Waals surface area contributed by atoms with Crippen LogP contribution in [0.3, 0.4) is 0 Å². The Morgan fingerprint density at radius 1 is 1.58 bits per heavy atom. The molecule has 0 bridgehead atoms. The number of hydrogen-bond acceptors (Lipinski definition) is 3. The summed E-state index contributed by atoms with van der Waals surface area (Å²) in [4.78, 5) is 4.07. The molecule has 3 nitrogen and oxygen atoms in total. The second kappa shape index (κ2) is 4.64. The minimum absolute atomic E-state index is 0.0476. The van der Waals surface area contributed by atoms with Crippen LogP contribution in [0.1, 0.15) is 11.3 Å². The van der Waals surface area contributed by atoms with E-state index in [0.717, 1.165) is 11.3 Å². The number of aliphatic hydroxyl groups excluding tert-OH is 1. The van der Waals surface area contributed by atoms with Crippen LogP contribution in [0.4, 0.5) is 0 Å². The van der Waals surface area contributed by atoms with Crippen LogP contribution in [0.5, 0.6) is 0 Å². The van der Waals surface area contributed by atoms with Gasteiger partial charge >= 0.3 is 0 Å². The molecule has 0 saturated carbocycles. The fourth-order valence-corrected chi connectivity index (χ4v) is 0.873. The first-order chi connectivity index (χ1) is 5.86. The lowest BCUT2D eigenvalue weighted by Crippen LogP contribution is -1.93. The van der Waals surface area contributed by atoms with E-state index in [0.29, 0.717) is 6.54 Å². The molecular weight excluding hydrogens is 152 g/mol. The van der Waals surface area contributed by atoms with E-state index < -0.39 is 0 Å². The molecule has 0 amide bonds. The van der Waals surface area contributed by atoms with Crippen molar-refractivity contribution >= 4 is 6.08 Å². The van der Waals surface area contributed by atoms with Gasteiger partial charge < -0.3 is 10.8 Å². The number of nitrogens with two attached hydrogens (primary N) is 1. The van der Waals surface area contributed by atoms with Gasteiger partial charge in [-0.15, -0.1) is 0 Å². The van der Waals surface area contributed by atoms with Gasteiger partial charge in [0.15, 0.2) is 0 Å². The molecule has 1 aromatic rings. The van der Waals surface area contributed by atoms with Gasteiger partial charge in [0.2, 0.25) is 0 Å². The summed E-state index contributed by atoms with van der Waals surface area (Å²) in [5.74, 6) is 0. The predicted molar refractivity (Wildman–Crippen MR) is 48.2 cm³/mol. The highest BCUT2D eigenvalue weighted by molar-refractivity contribution is 5.45. The Hall–Kier alpha value is -1.19. The Labute approximate surface area is 71.6 Å².